The molecule has 0 aromatic heterocycles. The average Bonchev–Trinajstić information content (AvgIpc) is 2.56. The lowest BCUT2D eigenvalue weighted by atomic mass is 9.84. The molecule has 0 radical (unpaired) electrons. The second kappa shape index (κ2) is 8.70. The molecule has 2 aromatic carbocycles. The van der Waals surface area contributed by atoms with Gasteiger partial charge in [-0.05, 0) is 25.1 Å². The van der Waals surface area contributed by atoms with Crippen molar-refractivity contribution in [2.75, 3.05) is 13.6 Å². The SMILES string of the molecule is CNCC(C)C(=O)NC(C)(c1ccccc1)c1ccccc1.Cl. The molecule has 0 aliphatic heterocycles. The summed E-state index contributed by atoms with van der Waals surface area (Å²) in [4.78, 5) is 12.5. The van der Waals surface area contributed by atoms with Crippen LogP contribution in [0.3, 0.4) is 0 Å². The van der Waals surface area contributed by atoms with E-state index >= 15 is 0 Å². The molecule has 1 unspecified atom stereocenters. The second-order valence-electron chi connectivity index (χ2n) is 5.81. The van der Waals surface area contributed by atoms with Gasteiger partial charge >= 0.3 is 0 Å². The van der Waals surface area contributed by atoms with E-state index in [2.05, 4.69) is 41.8 Å². The van der Waals surface area contributed by atoms with E-state index in [-0.39, 0.29) is 24.2 Å². The molecule has 0 fully saturated rings. The number of halogens is 1. The maximum atomic E-state index is 12.5. The molecule has 0 aliphatic rings. The van der Waals surface area contributed by atoms with Crippen molar-refractivity contribution in [1.82, 2.24) is 10.6 Å². The molecule has 4 heteroatoms. The minimum atomic E-state index is -0.540. The van der Waals surface area contributed by atoms with Crippen molar-refractivity contribution in [2.24, 2.45) is 5.92 Å². The smallest absolute Gasteiger partial charge is 0.225 e. The summed E-state index contributed by atoms with van der Waals surface area (Å²) in [6.07, 6.45) is 0. The van der Waals surface area contributed by atoms with E-state index in [9.17, 15) is 4.79 Å². The van der Waals surface area contributed by atoms with Crippen LogP contribution in [0.1, 0.15) is 25.0 Å². The van der Waals surface area contributed by atoms with Gasteiger partial charge in [-0.25, -0.2) is 0 Å². The number of rotatable bonds is 6. The predicted molar refractivity (Wildman–Crippen MR) is 97.8 cm³/mol. The number of carbonyl (C=O) groups excluding carboxylic acids is 1. The predicted octanol–water partition coefficient (Wildman–Crippen LogP) is 3.34. The number of amides is 1. The minimum absolute atomic E-state index is 0. The monoisotopic (exact) mass is 332 g/mol. The number of benzene rings is 2. The summed E-state index contributed by atoms with van der Waals surface area (Å²) in [5.74, 6) is -0.0405. The molecule has 2 N–H and O–H groups in total. The van der Waals surface area contributed by atoms with Crippen LogP contribution in [0.4, 0.5) is 0 Å². The lowest BCUT2D eigenvalue weighted by Gasteiger charge is -2.33. The van der Waals surface area contributed by atoms with Crippen LogP contribution in [0.15, 0.2) is 60.7 Å². The maximum absolute atomic E-state index is 12.5. The maximum Gasteiger partial charge on any atom is 0.225 e. The highest BCUT2D eigenvalue weighted by atomic mass is 35.5. The van der Waals surface area contributed by atoms with Crippen LogP contribution in [-0.2, 0) is 10.3 Å². The fourth-order valence-electron chi connectivity index (χ4n) is 2.62. The summed E-state index contributed by atoms with van der Waals surface area (Å²) in [6.45, 7) is 4.65. The highest BCUT2D eigenvalue weighted by molar-refractivity contribution is 5.85. The molecule has 0 aliphatic carbocycles. The number of nitrogens with one attached hydrogen (secondary N) is 2. The fourth-order valence-corrected chi connectivity index (χ4v) is 2.62. The zero-order valence-electron chi connectivity index (χ0n) is 13.9. The van der Waals surface area contributed by atoms with E-state index in [1.165, 1.54) is 0 Å². The van der Waals surface area contributed by atoms with Crippen LogP contribution >= 0.6 is 12.4 Å². The Labute approximate surface area is 144 Å². The van der Waals surface area contributed by atoms with Gasteiger partial charge < -0.3 is 10.6 Å². The molecule has 124 valence electrons. The minimum Gasteiger partial charge on any atom is -0.342 e. The lowest BCUT2D eigenvalue weighted by molar-refractivity contribution is -0.125. The molecule has 0 bridgehead atoms. The molecule has 1 atom stereocenters. The highest BCUT2D eigenvalue weighted by Gasteiger charge is 2.31. The third kappa shape index (κ3) is 4.57. The third-order valence-electron chi connectivity index (χ3n) is 4.03. The molecule has 23 heavy (non-hydrogen) atoms. The van der Waals surface area contributed by atoms with Gasteiger partial charge in [0.05, 0.1) is 5.54 Å². The first-order valence-corrected chi connectivity index (χ1v) is 7.65. The number of carbonyl (C=O) groups is 1. The Morgan fingerprint density at radius 2 is 1.43 bits per heavy atom. The Morgan fingerprint density at radius 3 is 1.83 bits per heavy atom. The van der Waals surface area contributed by atoms with Crippen LogP contribution in [0.25, 0.3) is 0 Å². The average molecular weight is 333 g/mol. The zero-order chi connectivity index (χ0) is 16.0. The molecule has 2 aromatic rings. The van der Waals surface area contributed by atoms with Gasteiger partial charge in [0.2, 0.25) is 5.91 Å². The first-order chi connectivity index (χ1) is 10.6. The Kier molecular flexibility index (Phi) is 7.27. The van der Waals surface area contributed by atoms with Gasteiger partial charge in [-0.2, -0.15) is 0 Å². The van der Waals surface area contributed by atoms with Crippen LogP contribution in [0.2, 0.25) is 0 Å². The third-order valence-corrected chi connectivity index (χ3v) is 4.03. The summed E-state index contributed by atoms with van der Waals surface area (Å²) >= 11 is 0. The van der Waals surface area contributed by atoms with Gasteiger partial charge in [0.15, 0.2) is 0 Å². The van der Waals surface area contributed by atoms with Gasteiger partial charge in [-0.15, -0.1) is 12.4 Å². The Balaban J connectivity index is 0.00000264. The van der Waals surface area contributed by atoms with Gasteiger partial charge in [0, 0.05) is 12.5 Å². The summed E-state index contributed by atoms with van der Waals surface area (Å²) in [7, 11) is 1.86. The van der Waals surface area contributed by atoms with E-state index in [0.717, 1.165) is 11.1 Å². The number of hydrogen-bond donors (Lipinski definition) is 2. The van der Waals surface area contributed by atoms with Gasteiger partial charge in [0.1, 0.15) is 0 Å². The summed E-state index contributed by atoms with van der Waals surface area (Å²) in [5, 5.41) is 6.28. The molecule has 2 rings (SSSR count). The topological polar surface area (TPSA) is 41.1 Å². The normalized spacial score (nSPS) is 12.1. The molecule has 0 saturated carbocycles. The summed E-state index contributed by atoms with van der Waals surface area (Å²) in [5.41, 5.74) is 1.61. The standard InChI is InChI=1S/C19H24N2O.ClH/c1-15(14-20-3)18(22)21-19(2,16-10-6-4-7-11-16)17-12-8-5-9-13-17;/h4-13,15,20H,14H2,1-3H3,(H,21,22);1H. The van der Waals surface area contributed by atoms with E-state index in [1.54, 1.807) is 0 Å². The molecule has 0 saturated heterocycles. The Hall–Kier alpha value is -1.84. The van der Waals surface area contributed by atoms with Gasteiger partial charge in [0.25, 0.3) is 0 Å². The molecule has 3 nitrogen and oxygen atoms in total. The molecule has 0 heterocycles. The van der Waals surface area contributed by atoms with Gasteiger partial charge in [-0.1, -0.05) is 67.6 Å². The first-order valence-electron chi connectivity index (χ1n) is 7.65. The summed E-state index contributed by atoms with van der Waals surface area (Å²) < 4.78 is 0. The van der Waals surface area contributed by atoms with Gasteiger partial charge in [-0.3, -0.25) is 4.79 Å². The quantitative estimate of drug-likeness (QED) is 0.851. The first kappa shape index (κ1) is 19.2. The Morgan fingerprint density at radius 1 is 1.00 bits per heavy atom. The van der Waals surface area contributed by atoms with Crippen LogP contribution < -0.4 is 10.6 Å². The highest BCUT2D eigenvalue weighted by Crippen LogP contribution is 2.29. The molecule has 0 spiro atoms. The van der Waals surface area contributed by atoms with E-state index < -0.39 is 5.54 Å². The van der Waals surface area contributed by atoms with Crippen molar-refractivity contribution < 1.29 is 4.79 Å². The molecular weight excluding hydrogens is 308 g/mol. The summed E-state index contributed by atoms with van der Waals surface area (Å²) in [6, 6.07) is 20.2. The van der Waals surface area contributed by atoms with Crippen molar-refractivity contribution in [3.05, 3.63) is 71.8 Å². The van der Waals surface area contributed by atoms with Crippen molar-refractivity contribution in [1.29, 1.82) is 0 Å². The molecule has 1 amide bonds. The van der Waals surface area contributed by atoms with E-state index in [4.69, 9.17) is 0 Å². The van der Waals surface area contributed by atoms with Crippen LogP contribution in [0.5, 0.6) is 0 Å². The fraction of sp³-hybridized carbons (Fsp3) is 0.316. The Bertz CT molecular complexity index is 562. The van der Waals surface area contributed by atoms with Crippen molar-refractivity contribution >= 4 is 18.3 Å². The zero-order valence-corrected chi connectivity index (χ0v) is 14.7. The largest absolute Gasteiger partial charge is 0.342 e. The van der Waals surface area contributed by atoms with Crippen LogP contribution in [-0.4, -0.2) is 19.5 Å². The second-order valence-corrected chi connectivity index (χ2v) is 5.81. The van der Waals surface area contributed by atoms with Crippen molar-refractivity contribution in [2.45, 2.75) is 19.4 Å². The van der Waals surface area contributed by atoms with Crippen molar-refractivity contribution in [3.63, 3.8) is 0 Å². The van der Waals surface area contributed by atoms with Crippen molar-refractivity contribution in [3.8, 4) is 0 Å². The molecular formula is C19H25ClN2O. The van der Waals surface area contributed by atoms with E-state index in [0.29, 0.717) is 6.54 Å². The lowest BCUT2D eigenvalue weighted by Crippen LogP contribution is -2.47. The number of hydrogen-bond acceptors (Lipinski definition) is 2. The van der Waals surface area contributed by atoms with Crippen LogP contribution in [0, 0.1) is 5.92 Å². The van der Waals surface area contributed by atoms with E-state index in [1.807, 2.05) is 50.4 Å².